The number of carbonyl (C=O) groups is 1. The van der Waals surface area contributed by atoms with E-state index in [4.69, 9.17) is 4.74 Å². The standard InChI is InChI=1S/C26H26N6O2S/c1-19-5-2-3-7-23(19)32-25(20-6-4-12-27-17-20)29-30-26(32)35-18-24(33)28-21-8-10-22(11-9-21)31-13-15-34-16-14-31/h2-12,17H,13-16,18H2,1H3,(H,28,33). The molecule has 1 fully saturated rings. The van der Waals surface area contributed by atoms with Gasteiger partial charge in [-0.3, -0.25) is 14.3 Å². The zero-order valence-corrected chi connectivity index (χ0v) is 20.2. The molecule has 9 heteroatoms. The van der Waals surface area contributed by atoms with E-state index in [0.717, 1.165) is 54.5 Å². The highest BCUT2D eigenvalue weighted by Crippen LogP contribution is 2.29. The molecule has 8 nitrogen and oxygen atoms in total. The molecule has 0 saturated carbocycles. The summed E-state index contributed by atoms with van der Waals surface area (Å²) in [6, 6.07) is 19.8. The second kappa shape index (κ2) is 10.7. The van der Waals surface area contributed by atoms with Crippen LogP contribution in [0.3, 0.4) is 0 Å². The maximum atomic E-state index is 12.7. The van der Waals surface area contributed by atoms with Crippen LogP contribution < -0.4 is 10.2 Å². The Balaban J connectivity index is 1.30. The number of para-hydroxylation sites is 1. The van der Waals surface area contributed by atoms with Gasteiger partial charge in [0, 0.05) is 42.4 Å². The summed E-state index contributed by atoms with van der Waals surface area (Å²) in [7, 11) is 0. The summed E-state index contributed by atoms with van der Waals surface area (Å²) >= 11 is 1.35. The van der Waals surface area contributed by atoms with Crippen molar-refractivity contribution < 1.29 is 9.53 Å². The van der Waals surface area contributed by atoms with Crippen LogP contribution in [0, 0.1) is 6.92 Å². The first kappa shape index (κ1) is 23.1. The fourth-order valence-corrected chi connectivity index (χ4v) is 4.73. The molecule has 0 radical (unpaired) electrons. The summed E-state index contributed by atoms with van der Waals surface area (Å²) in [5.74, 6) is 0.799. The Morgan fingerprint density at radius 1 is 1.03 bits per heavy atom. The number of benzene rings is 2. The molecule has 1 aliphatic rings. The van der Waals surface area contributed by atoms with E-state index >= 15 is 0 Å². The van der Waals surface area contributed by atoms with Gasteiger partial charge in [-0.2, -0.15) is 0 Å². The molecule has 2 aromatic heterocycles. The summed E-state index contributed by atoms with van der Waals surface area (Å²) < 4.78 is 7.40. The number of anilines is 2. The van der Waals surface area contributed by atoms with E-state index < -0.39 is 0 Å². The van der Waals surface area contributed by atoms with E-state index in [2.05, 4.69) is 25.4 Å². The van der Waals surface area contributed by atoms with Gasteiger partial charge in [0.1, 0.15) is 0 Å². The van der Waals surface area contributed by atoms with Crippen LogP contribution in [0.15, 0.2) is 78.2 Å². The van der Waals surface area contributed by atoms with Crippen molar-refractivity contribution in [3.63, 3.8) is 0 Å². The van der Waals surface area contributed by atoms with Gasteiger partial charge >= 0.3 is 0 Å². The number of ether oxygens (including phenoxy) is 1. The third-order valence-corrected chi connectivity index (χ3v) is 6.70. The molecular formula is C26H26N6O2S. The molecule has 1 aliphatic heterocycles. The number of pyridine rings is 1. The molecule has 35 heavy (non-hydrogen) atoms. The fraction of sp³-hybridized carbons (Fsp3) is 0.231. The van der Waals surface area contributed by atoms with Crippen LogP contribution in [0.5, 0.6) is 0 Å². The fourth-order valence-electron chi connectivity index (χ4n) is 3.98. The first-order chi connectivity index (χ1) is 17.2. The Kier molecular flexibility index (Phi) is 7.06. The van der Waals surface area contributed by atoms with Gasteiger partial charge in [-0.15, -0.1) is 10.2 Å². The molecule has 4 aromatic rings. The zero-order valence-electron chi connectivity index (χ0n) is 19.4. The van der Waals surface area contributed by atoms with Gasteiger partial charge < -0.3 is 15.0 Å². The highest BCUT2D eigenvalue weighted by Gasteiger charge is 2.19. The van der Waals surface area contributed by atoms with Crippen molar-refractivity contribution in [3.8, 4) is 17.1 Å². The van der Waals surface area contributed by atoms with Crippen LogP contribution in [-0.2, 0) is 9.53 Å². The van der Waals surface area contributed by atoms with E-state index in [0.29, 0.717) is 11.0 Å². The Labute approximate surface area is 208 Å². The molecule has 1 N–H and O–H groups in total. The summed E-state index contributed by atoms with van der Waals surface area (Å²) in [4.78, 5) is 19.2. The minimum absolute atomic E-state index is 0.101. The Hall–Kier alpha value is -3.69. The van der Waals surface area contributed by atoms with Crippen LogP contribution in [0.25, 0.3) is 17.1 Å². The molecule has 3 heterocycles. The molecule has 1 saturated heterocycles. The molecule has 0 unspecified atom stereocenters. The van der Waals surface area contributed by atoms with Crippen molar-refractivity contribution in [2.45, 2.75) is 12.1 Å². The SMILES string of the molecule is Cc1ccccc1-n1c(SCC(=O)Nc2ccc(N3CCOCC3)cc2)nnc1-c1cccnc1. The second-order valence-electron chi connectivity index (χ2n) is 8.15. The van der Waals surface area contributed by atoms with Gasteiger partial charge in [-0.25, -0.2) is 0 Å². The van der Waals surface area contributed by atoms with E-state index in [-0.39, 0.29) is 11.7 Å². The minimum Gasteiger partial charge on any atom is -0.378 e. The Morgan fingerprint density at radius 3 is 2.57 bits per heavy atom. The predicted molar refractivity (Wildman–Crippen MR) is 138 cm³/mol. The summed E-state index contributed by atoms with van der Waals surface area (Å²) in [5.41, 5.74) is 4.82. The van der Waals surface area contributed by atoms with Gasteiger partial charge in [-0.1, -0.05) is 30.0 Å². The molecule has 178 valence electrons. The predicted octanol–water partition coefficient (Wildman–Crippen LogP) is 4.21. The van der Waals surface area contributed by atoms with Gasteiger partial charge in [0.2, 0.25) is 5.91 Å². The first-order valence-electron chi connectivity index (χ1n) is 11.5. The maximum Gasteiger partial charge on any atom is 0.234 e. The third-order valence-electron chi connectivity index (χ3n) is 5.77. The minimum atomic E-state index is -0.101. The number of aryl methyl sites for hydroxylation is 1. The molecule has 0 atom stereocenters. The monoisotopic (exact) mass is 486 g/mol. The number of nitrogens with one attached hydrogen (secondary N) is 1. The number of hydrogen-bond donors (Lipinski definition) is 1. The lowest BCUT2D eigenvalue weighted by molar-refractivity contribution is -0.113. The molecule has 5 rings (SSSR count). The number of rotatable bonds is 7. The van der Waals surface area contributed by atoms with Crippen molar-refractivity contribution in [3.05, 3.63) is 78.6 Å². The molecule has 1 amide bonds. The van der Waals surface area contributed by atoms with Crippen LogP contribution in [0.2, 0.25) is 0 Å². The number of hydrogen-bond acceptors (Lipinski definition) is 7. The first-order valence-corrected chi connectivity index (χ1v) is 12.4. The average molecular weight is 487 g/mol. The zero-order chi connectivity index (χ0) is 24.0. The van der Waals surface area contributed by atoms with E-state index in [1.54, 1.807) is 12.4 Å². The van der Waals surface area contributed by atoms with Crippen molar-refractivity contribution in [1.29, 1.82) is 0 Å². The molecular weight excluding hydrogens is 460 g/mol. The van der Waals surface area contributed by atoms with Crippen molar-refractivity contribution in [2.75, 3.05) is 42.3 Å². The van der Waals surface area contributed by atoms with Crippen molar-refractivity contribution >= 4 is 29.0 Å². The molecule has 2 aromatic carbocycles. The van der Waals surface area contributed by atoms with E-state index in [1.807, 2.05) is 72.2 Å². The normalized spacial score (nSPS) is 13.6. The van der Waals surface area contributed by atoms with Crippen LogP contribution in [0.1, 0.15) is 5.56 Å². The van der Waals surface area contributed by atoms with Crippen LogP contribution >= 0.6 is 11.8 Å². The number of morpholine rings is 1. The maximum absolute atomic E-state index is 12.7. The largest absolute Gasteiger partial charge is 0.378 e. The number of amides is 1. The molecule has 0 bridgehead atoms. The summed E-state index contributed by atoms with van der Waals surface area (Å²) in [5, 5.41) is 12.5. The average Bonchev–Trinajstić information content (AvgIpc) is 3.33. The number of carbonyl (C=O) groups excluding carboxylic acids is 1. The molecule has 0 aliphatic carbocycles. The van der Waals surface area contributed by atoms with E-state index in [9.17, 15) is 4.79 Å². The Bertz CT molecular complexity index is 1290. The van der Waals surface area contributed by atoms with Crippen LogP contribution in [0.4, 0.5) is 11.4 Å². The highest BCUT2D eigenvalue weighted by molar-refractivity contribution is 7.99. The van der Waals surface area contributed by atoms with Gasteiger partial charge in [0.05, 0.1) is 24.7 Å². The van der Waals surface area contributed by atoms with Gasteiger partial charge in [0.15, 0.2) is 11.0 Å². The Morgan fingerprint density at radius 2 is 1.83 bits per heavy atom. The quantitative estimate of drug-likeness (QED) is 0.392. The molecule has 0 spiro atoms. The van der Waals surface area contributed by atoms with E-state index in [1.165, 1.54) is 11.8 Å². The second-order valence-corrected chi connectivity index (χ2v) is 9.10. The topological polar surface area (TPSA) is 85.2 Å². The van der Waals surface area contributed by atoms with Crippen molar-refractivity contribution in [1.82, 2.24) is 19.7 Å². The smallest absolute Gasteiger partial charge is 0.234 e. The number of nitrogens with zero attached hydrogens (tertiary/aromatic N) is 5. The van der Waals surface area contributed by atoms with Crippen molar-refractivity contribution in [2.24, 2.45) is 0 Å². The lowest BCUT2D eigenvalue weighted by atomic mass is 10.2. The lowest BCUT2D eigenvalue weighted by Crippen LogP contribution is -2.36. The van der Waals surface area contributed by atoms with Crippen LogP contribution in [-0.4, -0.2) is 57.7 Å². The van der Waals surface area contributed by atoms with Gasteiger partial charge in [0.25, 0.3) is 0 Å². The van der Waals surface area contributed by atoms with Gasteiger partial charge in [-0.05, 0) is 55.0 Å². The summed E-state index contributed by atoms with van der Waals surface area (Å²) in [6.45, 7) is 5.29. The summed E-state index contributed by atoms with van der Waals surface area (Å²) in [6.07, 6.45) is 3.49. The number of aromatic nitrogens is 4. The number of thioether (sulfide) groups is 1. The third kappa shape index (κ3) is 5.36. The highest BCUT2D eigenvalue weighted by atomic mass is 32.2. The lowest BCUT2D eigenvalue weighted by Gasteiger charge is -2.28.